The summed E-state index contributed by atoms with van der Waals surface area (Å²) in [6, 6.07) is 17.2. The quantitative estimate of drug-likeness (QED) is 0.233. The van der Waals surface area contributed by atoms with E-state index in [0.29, 0.717) is 0 Å². The second kappa shape index (κ2) is 11.8. The van der Waals surface area contributed by atoms with E-state index in [1.807, 2.05) is 0 Å². The number of nitrogens with zero attached hydrogens (tertiary/aromatic N) is 4. The van der Waals surface area contributed by atoms with Gasteiger partial charge in [-0.05, 0) is 98.5 Å². The van der Waals surface area contributed by atoms with Gasteiger partial charge in [0, 0.05) is 28.2 Å². The SMILES string of the molecule is COc1c2cc(C)cc1N(C)c1cc(C)cc(c1OC)N(C)c1cc(C)cc(c1OC)N(C)c1cc(C)cc(c1OC)N2C. The summed E-state index contributed by atoms with van der Waals surface area (Å²) in [6.45, 7) is 8.42. The fourth-order valence-electron chi connectivity index (χ4n) is 6.29. The van der Waals surface area contributed by atoms with E-state index in [9.17, 15) is 0 Å². The van der Waals surface area contributed by atoms with Gasteiger partial charge in [-0.1, -0.05) is 0 Å². The number of anilines is 8. The van der Waals surface area contributed by atoms with Crippen LogP contribution in [0.1, 0.15) is 22.3 Å². The van der Waals surface area contributed by atoms with Gasteiger partial charge in [0.2, 0.25) is 0 Å². The number of methoxy groups -OCH3 is 4. The van der Waals surface area contributed by atoms with E-state index in [1.165, 1.54) is 0 Å². The fourth-order valence-corrected chi connectivity index (χ4v) is 6.29. The number of rotatable bonds is 4. The van der Waals surface area contributed by atoms with Crippen LogP contribution in [0.3, 0.4) is 0 Å². The zero-order valence-corrected chi connectivity index (χ0v) is 28.0. The molecule has 4 aromatic carbocycles. The van der Waals surface area contributed by atoms with Crippen LogP contribution < -0.4 is 38.5 Å². The van der Waals surface area contributed by atoms with Crippen LogP contribution in [0.4, 0.5) is 45.5 Å². The first kappa shape index (κ1) is 30.7. The largest absolute Gasteiger partial charge is 0.492 e. The molecule has 5 rings (SSSR count). The molecule has 8 nitrogen and oxygen atoms in total. The van der Waals surface area contributed by atoms with Crippen molar-refractivity contribution in [2.45, 2.75) is 27.7 Å². The Kier molecular flexibility index (Phi) is 8.21. The summed E-state index contributed by atoms with van der Waals surface area (Å²) in [5, 5.41) is 0. The Morgan fingerprint density at radius 1 is 0.318 bits per heavy atom. The molecule has 0 spiro atoms. The molecule has 0 radical (unpaired) electrons. The van der Waals surface area contributed by atoms with Crippen LogP contribution >= 0.6 is 0 Å². The van der Waals surface area contributed by atoms with E-state index in [1.54, 1.807) is 28.4 Å². The van der Waals surface area contributed by atoms with Gasteiger partial charge in [0.05, 0.1) is 73.9 Å². The van der Waals surface area contributed by atoms with Gasteiger partial charge < -0.3 is 38.5 Å². The molecule has 232 valence electrons. The smallest absolute Gasteiger partial charge is 0.166 e. The molecule has 0 aliphatic carbocycles. The average Bonchev–Trinajstić information content (AvgIpc) is 3.01. The van der Waals surface area contributed by atoms with Crippen molar-refractivity contribution in [2.24, 2.45) is 0 Å². The third-order valence-electron chi connectivity index (χ3n) is 8.48. The number of ether oxygens (including phenoxy) is 4. The lowest BCUT2D eigenvalue weighted by Gasteiger charge is -2.34. The lowest BCUT2D eigenvalue weighted by atomic mass is 10.0. The molecule has 1 aliphatic heterocycles. The monoisotopic (exact) mass is 596 g/mol. The molecule has 0 N–H and O–H groups in total. The van der Waals surface area contributed by atoms with Crippen LogP contribution in [0.2, 0.25) is 0 Å². The number of fused-ring (bicyclic) bond motifs is 8. The Labute approximate surface area is 261 Å². The maximum atomic E-state index is 6.19. The van der Waals surface area contributed by atoms with Crippen molar-refractivity contribution in [2.75, 3.05) is 76.2 Å². The third kappa shape index (κ3) is 4.98. The van der Waals surface area contributed by atoms with Crippen LogP contribution in [-0.2, 0) is 0 Å². The summed E-state index contributed by atoms with van der Waals surface area (Å²) >= 11 is 0. The first-order chi connectivity index (χ1) is 20.9. The molecule has 1 aliphatic rings. The standard InChI is InChI=1S/C36H44N4O4/c1-21-13-25-33(41-9)26(14-21)38(6)28-16-23(3)18-30(35(28)43-11)40(8)32-20-24(4)19-31(36(32)44-12)39(7)29-17-22(2)15-27(37(25)5)34(29)42-10/h13-20H,1-12H3. The summed E-state index contributed by atoms with van der Waals surface area (Å²) in [7, 11) is 15.1. The molecular formula is C36H44N4O4. The van der Waals surface area contributed by atoms with Crippen LogP contribution in [0, 0.1) is 27.7 Å². The molecule has 8 bridgehead atoms. The third-order valence-corrected chi connectivity index (χ3v) is 8.48. The highest BCUT2D eigenvalue weighted by Gasteiger charge is 2.28. The van der Waals surface area contributed by atoms with Gasteiger partial charge in [0.25, 0.3) is 0 Å². The van der Waals surface area contributed by atoms with E-state index in [0.717, 1.165) is 90.8 Å². The highest BCUT2D eigenvalue weighted by atomic mass is 16.5. The number of hydrogen-bond acceptors (Lipinski definition) is 8. The van der Waals surface area contributed by atoms with Gasteiger partial charge in [-0.3, -0.25) is 0 Å². The van der Waals surface area contributed by atoms with E-state index in [-0.39, 0.29) is 0 Å². The fraction of sp³-hybridized carbons (Fsp3) is 0.333. The molecule has 1 heterocycles. The number of aryl methyl sites for hydroxylation is 4. The Bertz CT molecular complexity index is 1380. The Morgan fingerprint density at radius 3 is 0.568 bits per heavy atom. The molecule has 0 atom stereocenters. The lowest BCUT2D eigenvalue weighted by molar-refractivity contribution is 0.409. The molecule has 0 fully saturated rings. The minimum Gasteiger partial charge on any atom is -0.492 e. The van der Waals surface area contributed by atoms with Crippen molar-refractivity contribution in [3.8, 4) is 23.0 Å². The molecular weight excluding hydrogens is 552 g/mol. The van der Waals surface area contributed by atoms with Crippen LogP contribution in [0.25, 0.3) is 0 Å². The average molecular weight is 597 g/mol. The summed E-state index contributed by atoms with van der Waals surface area (Å²) in [6.07, 6.45) is 0. The van der Waals surface area contributed by atoms with E-state index in [4.69, 9.17) is 18.9 Å². The molecule has 0 saturated heterocycles. The molecule has 0 amide bonds. The summed E-state index contributed by atoms with van der Waals surface area (Å²) in [5.41, 5.74) is 11.7. The van der Waals surface area contributed by atoms with Gasteiger partial charge in [-0.2, -0.15) is 0 Å². The summed E-state index contributed by atoms with van der Waals surface area (Å²) < 4.78 is 24.7. The van der Waals surface area contributed by atoms with Crippen LogP contribution in [-0.4, -0.2) is 56.6 Å². The molecule has 0 unspecified atom stereocenters. The van der Waals surface area contributed by atoms with Crippen molar-refractivity contribution < 1.29 is 18.9 Å². The van der Waals surface area contributed by atoms with Crippen molar-refractivity contribution in [1.82, 2.24) is 0 Å². The second-order valence-electron chi connectivity index (χ2n) is 11.6. The Morgan fingerprint density at radius 2 is 0.455 bits per heavy atom. The maximum absolute atomic E-state index is 6.19. The highest BCUT2D eigenvalue weighted by molar-refractivity contribution is 5.91. The van der Waals surface area contributed by atoms with Gasteiger partial charge in [0.1, 0.15) is 0 Å². The van der Waals surface area contributed by atoms with Crippen molar-refractivity contribution in [1.29, 1.82) is 0 Å². The molecule has 0 saturated carbocycles. The Hall–Kier alpha value is -4.72. The summed E-state index contributed by atoms with van der Waals surface area (Å²) in [4.78, 5) is 8.57. The molecule has 0 aromatic heterocycles. The topological polar surface area (TPSA) is 49.9 Å². The van der Waals surface area contributed by atoms with Crippen LogP contribution in [0.5, 0.6) is 23.0 Å². The van der Waals surface area contributed by atoms with Crippen molar-refractivity contribution in [3.63, 3.8) is 0 Å². The number of benzene rings is 4. The predicted octanol–water partition coefficient (Wildman–Crippen LogP) is 8.34. The van der Waals surface area contributed by atoms with E-state index < -0.39 is 0 Å². The Balaban J connectivity index is 1.97. The molecule has 44 heavy (non-hydrogen) atoms. The normalized spacial score (nSPS) is 12.8. The minimum absolute atomic E-state index is 0.743. The zero-order valence-electron chi connectivity index (χ0n) is 28.0. The zero-order chi connectivity index (χ0) is 32.0. The van der Waals surface area contributed by atoms with E-state index in [2.05, 4.69) is 124 Å². The van der Waals surface area contributed by atoms with Crippen molar-refractivity contribution in [3.05, 3.63) is 70.8 Å². The molecule has 8 heteroatoms. The van der Waals surface area contributed by atoms with Crippen LogP contribution in [0.15, 0.2) is 48.5 Å². The lowest BCUT2D eigenvalue weighted by Crippen LogP contribution is -2.20. The second-order valence-corrected chi connectivity index (χ2v) is 11.6. The first-order valence-electron chi connectivity index (χ1n) is 14.6. The number of hydrogen-bond donors (Lipinski definition) is 0. The van der Waals surface area contributed by atoms with Crippen molar-refractivity contribution >= 4 is 45.5 Å². The first-order valence-corrected chi connectivity index (χ1v) is 14.6. The minimum atomic E-state index is 0.743. The van der Waals surface area contributed by atoms with Gasteiger partial charge >= 0.3 is 0 Å². The van der Waals surface area contributed by atoms with E-state index >= 15 is 0 Å². The van der Waals surface area contributed by atoms with Gasteiger partial charge in [-0.25, -0.2) is 0 Å². The predicted molar refractivity (Wildman–Crippen MR) is 183 cm³/mol. The maximum Gasteiger partial charge on any atom is 0.166 e. The molecule has 4 aromatic rings. The van der Waals surface area contributed by atoms with Gasteiger partial charge in [0.15, 0.2) is 23.0 Å². The summed E-state index contributed by atoms with van der Waals surface area (Å²) in [5.74, 6) is 2.97. The highest BCUT2D eigenvalue weighted by Crippen LogP contribution is 2.53. The van der Waals surface area contributed by atoms with Gasteiger partial charge in [-0.15, -0.1) is 0 Å².